The summed E-state index contributed by atoms with van der Waals surface area (Å²) in [6.07, 6.45) is 2.54. The van der Waals surface area contributed by atoms with Gasteiger partial charge >= 0.3 is 6.09 Å². The van der Waals surface area contributed by atoms with E-state index < -0.39 is 5.60 Å². The summed E-state index contributed by atoms with van der Waals surface area (Å²) in [6, 6.07) is 11.0. The molecule has 2 aromatic heterocycles. The van der Waals surface area contributed by atoms with Crippen molar-refractivity contribution in [2.45, 2.75) is 78.2 Å². The third-order valence-electron chi connectivity index (χ3n) is 6.77. The third kappa shape index (κ3) is 5.47. The van der Waals surface area contributed by atoms with Crippen LogP contribution in [-0.4, -0.2) is 46.8 Å². The van der Waals surface area contributed by atoms with E-state index in [1.54, 1.807) is 7.11 Å². The first-order valence-corrected chi connectivity index (χ1v) is 12.8. The summed E-state index contributed by atoms with van der Waals surface area (Å²) < 4.78 is 11.0. The maximum absolute atomic E-state index is 12.5. The molecule has 35 heavy (non-hydrogen) atoms. The van der Waals surface area contributed by atoms with Gasteiger partial charge in [-0.05, 0) is 81.2 Å². The van der Waals surface area contributed by atoms with E-state index in [1.807, 2.05) is 31.7 Å². The molecular formula is C29H39N3O3. The Balaban J connectivity index is 1.63. The number of aryl methyl sites for hydroxylation is 1. The van der Waals surface area contributed by atoms with E-state index in [0.29, 0.717) is 17.7 Å². The maximum atomic E-state index is 12.5. The Morgan fingerprint density at radius 1 is 1.17 bits per heavy atom. The molecular weight excluding hydrogens is 438 g/mol. The van der Waals surface area contributed by atoms with Gasteiger partial charge in [0.1, 0.15) is 5.60 Å². The number of H-pyrrole nitrogens is 1. The number of nitrogens with zero attached hydrogens (tertiary/aromatic N) is 2. The largest absolute Gasteiger partial charge is 0.481 e. The Labute approximate surface area is 209 Å². The van der Waals surface area contributed by atoms with Gasteiger partial charge in [-0.3, -0.25) is 0 Å². The molecule has 0 unspecified atom stereocenters. The molecule has 0 atom stereocenters. The van der Waals surface area contributed by atoms with Crippen molar-refractivity contribution in [3.63, 3.8) is 0 Å². The number of likely N-dealkylation sites (tertiary alicyclic amines) is 1. The first-order chi connectivity index (χ1) is 16.6. The molecule has 3 aromatic rings. The molecule has 1 aromatic carbocycles. The quantitative estimate of drug-likeness (QED) is 0.428. The highest BCUT2D eigenvalue weighted by molar-refractivity contribution is 5.92. The van der Waals surface area contributed by atoms with Crippen LogP contribution in [0.3, 0.4) is 0 Å². The Morgan fingerprint density at radius 2 is 1.89 bits per heavy atom. The molecule has 1 N–H and O–H groups in total. The lowest BCUT2D eigenvalue weighted by Crippen LogP contribution is -2.41. The maximum Gasteiger partial charge on any atom is 0.410 e. The highest BCUT2D eigenvalue weighted by Gasteiger charge is 2.28. The number of hydrogen-bond donors (Lipinski definition) is 1. The first-order valence-electron chi connectivity index (χ1n) is 12.8. The molecule has 6 nitrogen and oxygen atoms in total. The Morgan fingerprint density at radius 3 is 2.49 bits per heavy atom. The Kier molecular flexibility index (Phi) is 7.11. The van der Waals surface area contributed by atoms with E-state index in [-0.39, 0.29) is 6.09 Å². The topological polar surface area (TPSA) is 67.5 Å². The molecule has 1 saturated heterocycles. The van der Waals surface area contributed by atoms with E-state index in [0.717, 1.165) is 54.8 Å². The molecule has 0 radical (unpaired) electrons. The van der Waals surface area contributed by atoms with Crippen LogP contribution in [0.1, 0.15) is 83.0 Å². The van der Waals surface area contributed by atoms with Crippen molar-refractivity contribution in [3.05, 3.63) is 47.2 Å². The van der Waals surface area contributed by atoms with Crippen molar-refractivity contribution in [2.75, 3.05) is 20.2 Å². The predicted octanol–water partition coefficient (Wildman–Crippen LogP) is 7.04. The molecule has 4 rings (SSSR count). The number of carbonyl (C=O) groups is 1. The average molecular weight is 478 g/mol. The number of hydrogen-bond acceptors (Lipinski definition) is 4. The van der Waals surface area contributed by atoms with Gasteiger partial charge in [0, 0.05) is 41.3 Å². The number of amides is 1. The lowest BCUT2D eigenvalue weighted by atomic mass is 9.87. The van der Waals surface area contributed by atoms with Crippen molar-refractivity contribution >= 4 is 17.0 Å². The Bertz CT molecular complexity index is 1180. The molecule has 1 aliphatic heterocycles. The smallest absolute Gasteiger partial charge is 0.410 e. The number of aromatic amines is 1. The molecule has 0 spiro atoms. The number of nitrogens with one attached hydrogen (secondary N) is 1. The van der Waals surface area contributed by atoms with Gasteiger partial charge in [-0.15, -0.1) is 0 Å². The summed E-state index contributed by atoms with van der Waals surface area (Å²) in [7, 11) is 1.67. The van der Waals surface area contributed by atoms with Crippen molar-refractivity contribution < 1.29 is 14.3 Å². The molecule has 6 heteroatoms. The fraction of sp³-hybridized carbons (Fsp3) is 0.517. The number of ether oxygens (including phenoxy) is 2. The highest BCUT2D eigenvalue weighted by Crippen LogP contribution is 2.39. The van der Waals surface area contributed by atoms with Crippen LogP contribution >= 0.6 is 0 Å². The van der Waals surface area contributed by atoms with Crippen molar-refractivity contribution in [1.82, 2.24) is 14.9 Å². The standard InChI is InChI=1S/C29H39N3O3/c1-8-22-15-21(17-25(30-22)34-7)27-26(18(2)3)23-16-20(9-10-24(23)31-27)19-11-13-32(14-12-19)28(33)35-29(4,5)6/h9-10,15-19,31H,8,11-14H2,1-7H3. The van der Waals surface area contributed by atoms with Gasteiger partial charge in [0.2, 0.25) is 5.88 Å². The summed E-state index contributed by atoms with van der Waals surface area (Å²) in [4.78, 5) is 22.6. The zero-order valence-electron chi connectivity index (χ0n) is 22.2. The normalized spacial score (nSPS) is 15.1. The molecule has 1 fully saturated rings. The van der Waals surface area contributed by atoms with E-state index in [9.17, 15) is 4.79 Å². The van der Waals surface area contributed by atoms with Crippen LogP contribution in [0.15, 0.2) is 30.3 Å². The van der Waals surface area contributed by atoms with Gasteiger partial charge in [0.25, 0.3) is 0 Å². The van der Waals surface area contributed by atoms with Crippen LogP contribution in [0.4, 0.5) is 4.79 Å². The molecule has 0 saturated carbocycles. The zero-order valence-corrected chi connectivity index (χ0v) is 22.2. The number of rotatable bonds is 5. The minimum absolute atomic E-state index is 0.206. The fourth-order valence-corrected chi connectivity index (χ4v) is 5.02. The van der Waals surface area contributed by atoms with E-state index >= 15 is 0 Å². The molecule has 1 amide bonds. The van der Waals surface area contributed by atoms with Gasteiger partial charge < -0.3 is 19.4 Å². The number of carbonyl (C=O) groups excluding carboxylic acids is 1. The van der Waals surface area contributed by atoms with Crippen LogP contribution in [0.2, 0.25) is 0 Å². The van der Waals surface area contributed by atoms with Crippen molar-refractivity contribution in [2.24, 2.45) is 0 Å². The van der Waals surface area contributed by atoms with E-state index in [4.69, 9.17) is 9.47 Å². The fourth-order valence-electron chi connectivity index (χ4n) is 5.02. The van der Waals surface area contributed by atoms with E-state index in [1.165, 1.54) is 16.5 Å². The number of piperidine rings is 1. The highest BCUT2D eigenvalue weighted by atomic mass is 16.6. The third-order valence-corrected chi connectivity index (χ3v) is 6.77. The van der Waals surface area contributed by atoms with Crippen LogP contribution in [0.25, 0.3) is 22.2 Å². The summed E-state index contributed by atoms with van der Waals surface area (Å²) in [5.74, 6) is 1.43. The lowest BCUT2D eigenvalue weighted by molar-refractivity contribution is 0.0205. The van der Waals surface area contributed by atoms with Gasteiger partial charge in [0.15, 0.2) is 0 Å². The van der Waals surface area contributed by atoms with Gasteiger partial charge in [-0.1, -0.05) is 26.8 Å². The second kappa shape index (κ2) is 9.92. The molecule has 3 heterocycles. The number of benzene rings is 1. The zero-order chi connectivity index (χ0) is 25.3. The lowest BCUT2D eigenvalue weighted by Gasteiger charge is -2.33. The number of methoxy groups -OCH3 is 1. The van der Waals surface area contributed by atoms with Gasteiger partial charge in [0.05, 0.1) is 12.8 Å². The van der Waals surface area contributed by atoms with Crippen molar-refractivity contribution in [3.8, 4) is 17.1 Å². The average Bonchev–Trinajstić information content (AvgIpc) is 3.22. The molecule has 0 aliphatic carbocycles. The monoisotopic (exact) mass is 477 g/mol. The predicted molar refractivity (Wildman–Crippen MR) is 141 cm³/mol. The summed E-state index contributed by atoms with van der Waals surface area (Å²) in [5.41, 5.74) is 6.62. The summed E-state index contributed by atoms with van der Waals surface area (Å²) in [6.45, 7) is 13.8. The van der Waals surface area contributed by atoms with Gasteiger partial charge in [-0.25, -0.2) is 9.78 Å². The summed E-state index contributed by atoms with van der Waals surface area (Å²) >= 11 is 0. The number of aromatic nitrogens is 2. The second-order valence-corrected chi connectivity index (χ2v) is 10.9. The molecule has 1 aliphatic rings. The van der Waals surface area contributed by atoms with Crippen LogP contribution in [0, 0.1) is 0 Å². The second-order valence-electron chi connectivity index (χ2n) is 10.9. The minimum Gasteiger partial charge on any atom is -0.481 e. The SMILES string of the molecule is CCc1cc(-c2[nH]c3ccc(C4CCN(C(=O)OC(C)(C)C)CC4)cc3c2C(C)C)cc(OC)n1. The number of fused-ring (bicyclic) bond motifs is 1. The van der Waals surface area contributed by atoms with Gasteiger partial charge in [-0.2, -0.15) is 0 Å². The van der Waals surface area contributed by atoms with Crippen molar-refractivity contribution in [1.29, 1.82) is 0 Å². The summed E-state index contributed by atoms with van der Waals surface area (Å²) in [5, 5.41) is 1.27. The van der Waals surface area contributed by atoms with E-state index in [2.05, 4.69) is 55.0 Å². The minimum atomic E-state index is -0.463. The first kappa shape index (κ1) is 25.1. The molecule has 188 valence electrons. The van der Waals surface area contributed by atoms with Crippen LogP contribution in [0.5, 0.6) is 5.88 Å². The van der Waals surface area contributed by atoms with Crippen LogP contribution in [-0.2, 0) is 11.2 Å². The number of pyridine rings is 1. The molecule has 0 bridgehead atoms. The van der Waals surface area contributed by atoms with Crippen LogP contribution < -0.4 is 4.74 Å². The Hall–Kier alpha value is -3.02.